The van der Waals surface area contributed by atoms with Gasteiger partial charge < -0.3 is 74.7 Å². The van der Waals surface area contributed by atoms with Gasteiger partial charge in [-0.05, 0) is 6.92 Å². The largest absolute Gasteiger partial charge is 0.394 e. The van der Waals surface area contributed by atoms with E-state index < -0.39 is 105 Å². The van der Waals surface area contributed by atoms with Crippen LogP contribution >= 0.6 is 0 Å². The van der Waals surface area contributed by atoms with Crippen molar-refractivity contribution in [3.05, 3.63) is 0 Å². The standard InChI is InChI=1S/C18H32O15/c1-4-7(21)10(24)12(26)17(29-4)33-15-11(25)8(22)5(2-19)31-18(15)32-14-9(23)6(3-20)30-16(28)13(14)27/h4-28H,2-3H2,1H3/t4-,5+,6+,7+,8-,9-,10+,11-,12-,13+,14-,15+,16+,17-,18-/m0/s1. The first-order valence-electron chi connectivity index (χ1n) is 10.4. The molecule has 0 spiro atoms. The average Bonchev–Trinajstić information content (AvgIpc) is 2.79. The van der Waals surface area contributed by atoms with Gasteiger partial charge in [-0.2, -0.15) is 0 Å². The zero-order chi connectivity index (χ0) is 24.6. The van der Waals surface area contributed by atoms with Crippen LogP contribution in [0.25, 0.3) is 0 Å². The van der Waals surface area contributed by atoms with E-state index in [9.17, 15) is 51.1 Å². The van der Waals surface area contributed by atoms with Crippen LogP contribution in [0.4, 0.5) is 0 Å². The first kappa shape index (κ1) is 27.0. The molecule has 15 nitrogen and oxygen atoms in total. The molecule has 10 N–H and O–H groups in total. The number of hydrogen-bond acceptors (Lipinski definition) is 15. The maximum absolute atomic E-state index is 10.6. The quantitative estimate of drug-likeness (QED) is 0.167. The third-order valence-electron chi connectivity index (χ3n) is 6.06. The number of aliphatic hydroxyl groups is 10. The fourth-order valence-corrected chi connectivity index (χ4v) is 3.97. The lowest BCUT2D eigenvalue weighted by Crippen LogP contribution is -2.66. The highest BCUT2D eigenvalue weighted by Crippen LogP contribution is 2.32. The van der Waals surface area contributed by atoms with E-state index in [1.807, 2.05) is 0 Å². The molecule has 15 atom stereocenters. The van der Waals surface area contributed by atoms with Crippen molar-refractivity contribution < 1.29 is 74.7 Å². The van der Waals surface area contributed by atoms with Gasteiger partial charge in [-0.25, -0.2) is 0 Å². The lowest BCUT2D eigenvalue weighted by Gasteiger charge is -2.48. The van der Waals surface area contributed by atoms with E-state index in [4.69, 9.17) is 23.7 Å². The highest BCUT2D eigenvalue weighted by Gasteiger charge is 2.53. The molecule has 3 rings (SSSR count). The highest BCUT2D eigenvalue weighted by molar-refractivity contribution is 4.95. The second-order valence-corrected chi connectivity index (χ2v) is 8.32. The molecule has 194 valence electrons. The molecule has 0 aromatic carbocycles. The topological polar surface area (TPSA) is 248 Å². The molecule has 0 aromatic rings. The molecule has 0 bridgehead atoms. The van der Waals surface area contributed by atoms with Crippen LogP contribution in [-0.2, 0) is 23.7 Å². The van der Waals surface area contributed by atoms with Crippen molar-refractivity contribution in [3.63, 3.8) is 0 Å². The van der Waals surface area contributed by atoms with Gasteiger partial charge in [0, 0.05) is 0 Å². The van der Waals surface area contributed by atoms with E-state index in [-0.39, 0.29) is 0 Å². The monoisotopic (exact) mass is 488 g/mol. The van der Waals surface area contributed by atoms with Crippen LogP contribution in [0, 0.1) is 0 Å². The van der Waals surface area contributed by atoms with E-state index >= 15 is 0 Å². The molecule has 3 heterocycles. The van der Waals surface area contributed by atoms with E-state index in [0.717, 1.165) is 0 Å². The van der Waals surface area contributed by atoms with Crippen LogP contribution in [0.15, 0.2) is 0 Å². The van der Waals surface area contributed by atoms with Gasteiger partial charge in [-0.1, -0.05) is 0 Å². The van der Waals surface area contributed by atoms with Crippen LogP contribution in [-0.4, -0.2) is 156 Å². The van der Waals surface area contributed by atoms with Crippen molar-refractivity contribution in [2.24, 2.45) is 0 Å². The minimum absolute atomic E-state index is 0.739. The zero-order valence-electron chi connectivity index (χ0n) is 17.6. The van der Waals surface area contributed by atoms with Crippen molar-refractivity contribution >= 4 is 0 Å². The molecule has 0 amide bonds. The Morgan fingerprint density at radius 3 is 1.73 bits per heavy atom. The van der Waals surface area contributed by atoms with Crippen molar-refractivity contribution in [1.29, 1.82) is 0 Å². The summed E-state index contributed by atoms with van der Waals surface area (Å²) in [6.45, 7) is -0.118. The molecule has 15 heteroatoms. The highest BCUT2D eigenvalue weighted by atomic mass is 16.8. The maximum Gasteiger partial charge on any atom is 0.187 e. The van der Waals surface area contributed by atoms with Gasteiger partial charge in [0.25, 0.3) is 0 Å². The lowest BCUT2D eigenvalue weighted by atomic mass is 9.96. The van der Waals surface area contributed by atoms with Gasteiger partial charge in [0.1, 0.15) is 67.1 Å². The lowest BCUT2D eigenvalue weighted by molar-refractivity contribution is -0.386. The molecule has 0 radical (unpaired) electrons. The molecule has 0 saturated carbocycles. The minimum Gasteiger partial charge on any atom is -0.394 e. The van der Waals surface area contributed by atoms with Crippen LogP contribution in [0.3, 0.4) is 0 Å². The summed E-state index contributed by atoms with van der Waals surface area (Å²) < 4.78 is 26.7. The summed E-state index contributed by atoms with van der Waals surface area (Å²) in [5.41, 5.74) is 0. The van der Waals surface area contributed by atoms with E-state index in [1.165, 1.54) is 6.92 Å². The summed E-state index contributed by atoms with van der Waals surface area (Å²) in [6, 6.07) is 0. The Morgan fingerprint density at radius 1 is 0.545 bits per heavy atom. The van der Waals surface area contributed by atoms with Gasteiger partial charge in [0.2, 0.25) is 0 Å². The molecular weight excluding hydrogens is 456 g/mol. The molecule has 0 unspecified atom stereocenters. The van der Waals surface area contributed by atoms with E-state index in [0.29, 0.717) is 0 Å². The summed E-state index contributed by atoms with van der Waals surface area (Å²) in [4.78, 5) is 0. The smallest absolute Gasteiger partial charge is 0.187 e. The van der Waals surface area contributed by atoms with Gasteiger partial charge in [-0.3, -0.25) is 0 Å². The van der Waals surface area contributed by atoms with Crippen LogP contribution in [0.2, 0.25) is 0 Å². The van der Waals surface area contributed by atoms with Gasteiger partial charge in [0.05, 0.1) is 19.3 Å². The summed E-state index contributed by atoms with van der Waals surface area (Å²) in [7, 11) is 0. The normalized spacial score (nSPS) is 53.7. The fraction of sp³-hybridized carbons (Fsp3) is 1.00. The predicted octanol–water partition coefficient (Wildman–Crippen LogP) is -6.55. The number of aliphatic hydroxyl groups excluding tert-OH is 10. The first-order chi connectivity index (χ1) is 15.5. The molecule has 3 aliphatic rings. The van der Waals surface area contributed by atoms with Crippen molar-refractivity contribution in [3.8, 4) is 0 Å². The van der Waals surface area contributed by atoms with Crippen molar-refractivity contribution in [2.45, 2.75) is 99.0 Å². The Hall–Kier alpha value is -0.600. The Bertz CT molecular complexity index is 626. The maximum atomic E-state index is 10.6. The predicted molar refractivity (Wildman–Crippen MR) is 99.8 cm³/mol. The number of ether oxygens (including phenoxy) is 5. The minimum atomic E-state index is -1.86. The Labute approximate surface area is 187 Å². The molecular formula is C18H32O15. The summed E-state index contributed by atoms with van der Waals surface area (Å²) in [5, 5.41) is 100. The molecule has 0 aliphatic carbocycles. The number of rotatable bonds is 6. The van der Waals surface area contributed by atoms with Crippen LogP contribution in [0.1, 0.15) is 6.92 Å². The second kappa shape index (κ2) is 11.0. The Kier molecular flexibility index (Phi) is 8.99. The first-order valence-corrected chi connectivity index (χ1v) is 10.4. The number of hydrogen-bond donors (Lipinski definition) is 10. The third-order valence-corrected chi connectivity index (χ3v) is 6.06. The van der Waals surface area contributed by atoms with Gasteiger partial charge in [-0.15, -0.1) is 0 Å². The molecule has 3 fully saturated rings. The summed E-state index contributed by atoms with van der Waals surface area (Å²) in [6.07, 6.45) is -24.2. The van der Waals surface area contributed by atoms with Crippen LogP contribution < -0.4 is 0 Å². The third kappa shape index (κ3) is 5.32. The molecule has 3 saturated heterocycles. The molecule has 33 heavy (non-hydrogen) atoms. The van der Waals surface area contributed by atoms with Crippen molar-refractivity contribution in [2.75, 3.05) is 13.2 Å². The van der Waals surface area contributed by atoms with Gasteiger partial charge >= 0.3 is 0 Å². The van der Waals surface area contributed by atoms with Gasteiger partial charge in [0.15, 0.2) is 18.9 Å². The Balaban J connectivity index is 1.83. The zero-order valence-corrected chi connectivity index (χ0v) is 17.6. The Morgan fingerprint density at radius 2 is 1.12 bits per heavy atom. The summed E-state index contributed by atoms with van der Waals surface area (Å²) >= 11 is 0. The average molecular weight is 488 g/mol. The fourth-order valence-electron chi connectivity index (χ4n) is 3.97. The SMILES string of the molecule is C[C@@H]1O[C@@H](O[C@H]2[C@H](O[C@@H]3[C@@H](O)[C@H](O)O[C@H](CO)[C@@H]3O)O[C@H](CO)[C@H](O)[C@@H]2O)[C@@H](O)[C@H](O)[C@@H]1O. The molecule has 0 aromatic heterocycles. The van der Waals surface area contributed by atoms with E-state index in [1.54, 1.807) is 0 Å². The van der Waals surface area contributed by atoms with Crippen molar-refractivity contribution in [1.82, 2.24) is 0 Å². The van der Waals surface area contributed by atoms with E-state index in [2.05, 4.69) is 0 Å². The van der Waals surface area contributed by atoms with Crippen LogP contribution in [0.5, 0.6) is 0 Å². The molecule has 3 aliphatic heterocycles. The summed E-state index contributed by atoms with van der Waals surface area (Å²) in [5.74, 6) is 0. The second-order valence-electron chi connectivity index (χ2n) is 8.32.